The van der Waals surface area contributed by atoms with E-state index in [1.54, 1.807) is 0 Å². The Kier molecular flexibility index (Phi) is 4.36. The van der Waals surface area contributed by atoms with E-state index in [0.717, 1.165) is 57.4 Å². The van der Waals surface area contributed by atoms with Gasteiger partial charge in [0, 0.05) is 19.6 Å². The molecule has 0 aliphatic carbocycles. The lowest BCUT2D eigenvalue weighted by Crippen LogP contribution is -2.21. The normalized spacial score (nSPS) is 21.4. The van der Waals surface area contributed by atoms with Gasteiger partial charge in [-0.3, -0.25) is 0 Å². The predicted molar refractivity (Wildman–Crippen MR) is 75.8 cm³/mol. The average Bonchev–Trinajstić information content (AvgIpc) is 3.08. The smallest absolute Gasteiger partial charge is 0.122 e. The van der Waals surface area contributed by atoms with Crippen molar-refractivity contribution < 1.29 is 9.47 Å². The minimum Gasteiger partial charge on any atom is -0.493 e. The summed E-state index contributed by atoms with van der Waals surface area (Å²) in [5.41, 5.74) is 2.79. The molecule has 1 unspecified atom stereocenters. The highest BCUT2D eigenvalue weighted by molar-refractivity contribution is 5.39. The molecule has 0 bridgehead atoms. The monoisotopic (exact) mass is 261 g/mol. The molecule has 2 aliphatic heterocycles. The highest BCUT2D eigenvalue weighted by Gasteiger charge is 2.14. The summed E-state index contributed by atoms with van der Waals surface area (Å²) in [6.07, 6.45) is 4.66. The van der Waals surface area contributed by atoms with Crippen LogP contribution in [0.1, 0.15) is 24.0 Å². The molecule has 2 aliphatic rings. The van der Waals surface area contributed by atoms with E-state index in [4.69, 9.17) is 9.47 Å². The molecule has 0 saturated carbocycles. The van der Waals surface area contributed by atoms with Crippen LogP contribution in [0.15, 0.2) is 18.2 Å². The molecule has 3 rings (SSSR count). The molecule has 1 saturated heterocycles. The molecule has 1 aromatic carbocycles. The SMILES string of the molecule is c1cc2c(cc1CCNCCC1CCOC1)CCO2. The average molecular weight is 261 g/mol. The summed E-state index contributed by atoms with van der Waals surface area (Å²) in [5, 5.41) is 3.54. The summed E-state index contributed by atoms with van der Waals surface area (Å²) >= 11 is 0. The Bertz CT molecular complexity index is 413. The minimum absolute atomic E-state index is 0.782. The summed E-state index contributed by atoms with van der Waals surface area (Å²) < 4.78 is 10.9. The van der Waals surface area contributed by atoms with Crippen LogP contribution >= 0.6 is 0 Å². The second-order valence-corrected chi connectivity index (χ2v) is 5.56. The first-order valence-corrected chi connectivity index (χ1v) is 7.45. The van der Waals surface area contributed by atoms with Crippen molar-refractivity contribution in [1.82, 2.24) is 5.32 Å². The van der Waals surface area contributed by atoms with Crippen LogP contribution < -0.4 is 10.1 Å². The van der Waals surface area contributed by atoms with Crippen molar-refractivity contribution in [3.05, 3.63) is 29.3 Å². The minimum atomic E-state index is 0.782. The summed E-state index contributed by atoms with van der Waals surface area (Å²) in [4.78, 5) is 0. The van der Waals surface area contributed by atoms with Gasteiger partial charge in [-0.15, -0.1) is 0 Å². The molecule has 1 N–H and O–H groups in total. The zero-order valence-electron chi connectivity index (χ0n) is 11.5. The fourth-order valence-corrected chi connectivity index (χ4v) is 2.87. The van der Waals surface area contributed by atoms with Crippen LogP contribution in [-0.2, 0) is 17.6 Å². The second-order valence-electron chi connectivity index (χ2n) is 5.56. The van der Waals surface area contributed by atoms with Crippen molar-refractivity contribution in [2.24, 2.45) is 5.92 Å². The lowest BCUT2D eigenvalue weighted by Gasteiger charge is -2.09. The van der Waals surface area contributed by atoms with E-state index in [9.17, 15) is 0 Å². The number of rotatable bonds is 6. The van der Waals surface area contributed by atoms with Crippen LogP contribution in [-0.4, -0.2) is 32.9 Å². The molecule has 2 heterocycles. The van der Waals surface area contributed by atoms with Crippen LogP contribution in [0.5, 0.6) is 5.75 Å². The molecule has 104 valence electrons. The molecule has 0 amide bonds. The van der Waals surface area contributed by atoms with Crippen molar-refractivity contribution in [3.8, 4) is 5.75 Å². The van der Waals surface area contributed by atoms with E-state index < -0.39 is 0 Å². The van der Waals surface area contributed by atoms with Gasteiger partial charge in [0.05, 0.1) is 6.61 Å². The van der Waals surface area contributed by atoms with Crippen LogP contribution in [0.4, 0.5) is 0 Å². The second kappa shape index (κ2) is 6.40. The van der Waals surface area contributed by atoms with Gasteiger partial charge in [-0.05, 0) is 55.5 Å². The molecular formula is C16H23NO2. The maximum atomic E-state index is 5.53. The molecular weight excluding hydrogens is 238 g/mol. The Morgan fingerprint density at radius 2 is 2.21 bits per heavy atom. The van der Waals surface area contributed by atoms with Gasteiger partial charge < -0.3 is 14.8 Å². The molecule has 19 heavy (non-hydrogen) atoms. The molecule has 1 aromatic rings. The number of hydrogen-bond donors (Lipinski definition) is 1. The highest BCUT2D eigenvalue weighted by Crippen LogP contribution is 2.25. The molecule has 0 radical (unpaired) electrons. The predicted octanol–water partition coefficient (Wildman–Crippen LogP) is 2.18. The first kappa shape index (κ1) is 12.9. The number of fused-ring (bicyclic) bond motifs is 1. The largest absolute Gasteiger partial charge is 0.493 e. The summed E-state index contributed by atoms with van der Waals surface area (Å²) in [6, 6.07) is 6.61. The van der Waals surface area contributed by atoms with Crippen molar-refractivity contribution in [2.75, 3.05) is 32.9 Å². The lowest BCUT2D eigenvalue weighted by molar-refractivity contribution is 0.184. The third kappa shape index (κ3) is 3.48. The maximum absolute atomic E-state index is 5.53. The molecule has 0 aromatic heterocycles. The fourth-order valence-electron chi connectivity index (χ4n) is 2.87. The van der Waals surface area contributed by atoms with Crippen LogP contribution in [0, 0.1) is 5.92 Å². The molecule has 3 nitrogen and oxygen atoms in total. The zero-order chi connectivity index (χ0) is 12.9. The molecule has 0 spiro atoms. The van der Waals surface area contributed by atoms with Crippen molar-refractivity contribution in [1.29, 1.82) is 0 Å². The first-order chi connectivity index (χ1) is 9.42. The van der Waals surface area contributed by atoms with Crippen LogP contribution in [0.3, 0.4) is 0 Å². The van der Waals surface area contributed by atoms with Crippen LogP contribution in [0.25, 0.3) is 0 Å². The summed E-state index contributed by atoms with van der Waals surface area (Å²) in [6.45, 7) is 4.95. The first-order valence-electron chi connectivity index (χ1n) is 7.45. The van der Waals surface area contributed by atoms with Gasteiger partial charge in [-0.2, -0.15) is 0 Å². The van der Waals surface area contributed by atoms with E-state index >= 15 is 0 Å². The number of nitrogens with one attached hydrogen (secondary N) is 1. The summed E-state index contributed by atoms with van der Waals surface area (Å²) in [5.74, 6) is 1.86. The van der Waals surface area contributed by atoms with E-state index in [1.165, 1.54) is 24.0 Å². The van der Waals surface area contributed by atoms with Gasteiger partial charge in [0.1, 0.15) is 5.75 Å². The maximum Gasteiger partial charge on any atom is 0.122 e. The van der Waals surface area contributed by atoms with E-state index in [1.807, 2.05) is 0 Å². The lowest BCUT2D eigenvalue weighted by atomic mass is 10.0. The standard InChI is InChI=1S/C16H23NO2/c1-2-16-15(6-10-19-16)11-13(1)3-7-17-8-4-14-5-9-18-12-14/h1-2,11,14,17H,3-10,12H2. The van der Waals surface area contributed by atoms with Crippen LogP contribution in [0.2, 0.25) is 0 Å². The highest BCUT2D eigenvalue weighted by atomic mass is 16.5. The van der Waals surface area contributed by atoms with Crippen molar-refractivity contribution in [3.63, 3.8) is 0 Å². The third-order valence-electron chi connectivity index (χ3n) is 4.10. The Morgan fingerprint density at radius 1 is 1.21 bits per heavy atom. The van der Waals surface area contributed by atoms with Gasteiger partial charge in [-0.25, -0.2) is 0 Å². The van der Waals surface area contributed by atoms with Gasteiger partial charge >= 0.3 is 0 Å². The number of benzene rings is 1. The third-order valence-corrected chi connectivity index (χ3v) is 4.10. The Morgan fingerprint density at radius 3 is 3.11 bits per heavy atom. The molecule has 1 fully saturated rings. The van der Waals surface area contributed by atoms with E-state index in [0.29, 0.717) is 0 Å². The van der Waals surface area contributed by atoms with Gasteiger partial charge in [0.25, 0.3) is 0 Å². The topological polar surface area (TPSA) is 30.5 Å². The van der Waals surface area contributed by atoms with E-state index in [-0.39, 0.29) is 0 Å². The summed E-state index contributed by atoms with van der Waals surface area (Å²) in [7, 11) is 0. The molecule has 1 atom stereocenters. The number of hydrogen-bond acceptors (Lipinski definition) is 3. The zero-order valence-corrected chi connectivity index (χ0v) is 11.5. The van der Waals surface area contributed by atoms with Gasteiger partial charge in [-0.1, -0.05) is 12.1 Å². The fraction of sp³-hybridized carbons (Fsp3) is 0.625. The Hall–Kier alpha value is -1.06. The quantitative estimate of drug-likeness (QED) is 0.796. The Labute approximate surface area is 115 Å². The Balaban J connectivity index is 1.35. The molecule has 3 heteroatoms. The van der Waals surface area contributed by atoms with E-state index in [2.05, 4.69) is 23.5 Å². The van der Waals surface area contributed by atoms with Crippen molar-refractivity contribution in [2.45, 2.75) is 25.7 Å². The number of ether oxygens (including phenoxy) is 2. The van der Waals surface area contributed by atoms with Gasteiger partial charge in [0.15, 0.2) is 0 Å². The van der Waals surface area contributed by atoms with Gasteiger partial charge in [0.2, 0.25) is 0 Å². The van der Waals surface area contributed by atoms with Crippen molar-refractivity contribution >= 4 is 0 Å².